The first-order chi connectivity index (χ1) is 9.13. The molecule has 19 heavy (non-hydrogen) atoms. The second kappa shape index (κ2) is 8.54. The van der Waals surface area contributed by atoms with Crippen molar-refractivity contribution in [3.05, 3.63) is 0 Å². The maximum absolute atomic E-state index is 12.3. The maximum atomic E-state index is 12.3. The third-order valence-corrected chi connectivity index (χ3v) is 4.37. The van der Waals surface area contributed by atoms with E-state index in [0.717, 1.165) is 51.9 Å². The topological polar surface area (TPSA) is 49.6 Å². The van der Waals surface area contributed by atoms with Gasteiger partial charge in [0.05, 0.1) is 0 Å². The summed E-state index contributed by atoms with van der Waals surface area (Å²) < 4.78 is 0. The molecule has 0 aromatic rings. The van der Waals surface area contributed by atoms with E-state index in [-0.39, 0.29) is 5.92 Å². The van der Waals surface area contributed by atoms with Crippen LogP contribution in [0.4, 0.5) is 0 Å². The molecule has 1 unspecified atom stereocenters. The lowest BCUT2D eigenvalue weighted by Crippen LogP contribution is -2.47. The number of hydrogen-bond donors (Lipinski definition) is 1. The Bertz CT molecular complexity index is 258. The van der Waals surface area contributed by atoms with E-state index < -0.39 is 0 Å². The molecule has 0 aromatic heterocycles. The van der Waals surface area contributed by atoms with Crippen LogP contribution in [0.1, 0.15) is 46.5 Å². The van der Waals surface area contributed by atoms with Crippen molar-refractivity contribution >= 4 is 5.91 Å². The highest BCUT2D eigenvalue weighted by Crippen LogP contribution is 2.19. The van der Waals surface area contributed by atoms with Gasteiger partial charge < -0.3 is 15.5 Å². The summed E-state index contributed by atoms with van der Waals surface area (Å²) in [7, 11) is 0. The minimum atomic E-state index is 0.133. The number of likely N-dealkylation sites (tertiary alicyclic amines) is 1. The number of piperidine rings is 1. The van der Waals surface area contributed by atoms with Crippen LogP contribution in [0.2, 0.25) is 0 Å². The van der Waals surface area contributed by atoms with Gasteiger partial charge in [-0.05, 0) is 45.3 Å². The van der Waals surface area contributed by atoms with Crippen molar-refractivity contribution in [2.45, 2.75) is 52.5 Å². The van der Waals surface area contributed by atoms with Gasteiger partial charge in [-0.25, -0.2) is 0 Å². The van der Waals surface area contributed by atoms with E-state index in [9.17, 15) is 4.79 Å². The normalized spacial score (nSPS) is 18.9. The lowest BCUT2D eigenvalue weighted by Gasteiger charge is -2.38. The SMILES string of the molecule is CCN(CC)C1CCN(C(=O)C(C)CCCN)CC1. The molecule has 0 spiro atoms. The van der Waals surface area contributed by atoms with Crippen LogP contribution < -0.4 is 5.73 Å². The van der Waals surface area contributed by atoms with Crippen LogP contribution in [0.25, 0.3) is 0 Å². The number of amides is 1. The predicted octanol–water partition coefficient (Wildman–Crippen LogP) is 1.69. The first kappa shape index (κ1) is 16.4. The third kappa shape index (κ3) is 4.77. The zero-order valence-corrected chi connectivity index (χ0v) is 12.9. The predicted molar refractivity (Wildman–Crippen MR) is 80.0 cm³/mol. The molecule has 4 heteroatoms. The van der Waals surface area contributed by atoms with Gasteiger partial charge in [-0.2, -0.15) is 0 Å². The molecule has 2 N–H and O–H groups in total. The van der Waals surface area contributed by atoms with E-state index >= 15 is 0 Å². The first-order valence-electron chi connectivity index (χ1n) is 7.86. The van der Waals surface area contributed by atoms with E-state index in [1.807, 2.05) is 6.92 Å². The minimum absolute atomic E-state index is 0.133. The highest BCUT2D eigenvalue weighted by molar-refractivity contribution is 5.78. The Labute approximate surface area is 118 Å². The molecule has 1 rings (SSSR count). The molecule has 1 heterocycles. The number of nitrogens with two attached hydrogens (primary N) is 1. The fraction of sp³-hybridized carbons (Fsp3) is 0.933. The molecule has 1 aliphatic rings. The average Bonchev–Trinajstić information content (AvgIpc) is 2.46. The van der Waals surface area contributed by atoms with E-state index in [0.29, 0.717) is 18.5 Å². The zero-order valence-electron chi connectivity index (χ0n) is 12.9. The van der Waals surface area contributed by atoms with Gasteiger partial charge in [0, 0.05) is 25.0 Å². The highest BCUT2D eigenvalue weighted by atomic mass is 16.2. The summed E-state index contributed by atoms with van der Waals surface area (Å²) in [6.45, 7) is 11.2. The van der Waals surface area contributed by atoms with E-state index in [1.165, 1.54) is 0 Å². The van der Waals surface area contributed by atoms with Crippen molar-refractivity contribution in [1.82, 2.24) is 9.80 Å². The Morgan fingerprint density at radius 2 is 1.89 bits per heavy atom. The van der Waals surface area contributed by atoms with Crippen LogP contribution >= 0.6 is 0 Å². The lowest BCUT2D eigenvalue weighted by atomic mass is 9.99. The third-order valence-electron chi connectivity index (χ3n) is 4.37. The lowest BCUT2D eigenvalue weighted by molar-refractivity contribution is -0.136. The Hall–Kier alpha value is -0.610. The van der Waals surface area contributed by atoms with Crippen LogP contribution in [0.5, 0.6) is 0 Å². The number of carbonyl (C=O) groups excluding carboxylic acids is 1. The van der Waals surface area contributed by atoms with Gasteiger partial charge in [0.15, 0.2) is 0 Å². The minimum Gasteiger partial charge on any atom is -0.342 e. The van der Waals surface area contributed by atoms with Crippen LogP contribution in [0.15, 0.2) is 0 Å². The van der Waals surface area contributed by atoms with Gasteiger partial charge in [0.2, 0.25) is 5.91 Å². The van der Waals surface area contributed by atoms with Gasteiger partial charge in [0.1, 0.15) is 0 Å². The maximum Gasteiger partial charge on any atom is 0.225 e. The first-order valence-corrected chi connectivity index (χ1v) is 7.86. The molecule has 1 atom stereocenters. The van der Waals surface area contributed by atoms with Crippen LogP contribution in [-0.4, -0.2) is 54.5 Å². The van der Waals surface area contributed by atoms with Gasteiger partial charge in [-0.3, -0.25) is 4.79 Å². The summed E-state index contributed by atoms with van der Waals surface area (Å²) in [5.41, 5.74) is 5.51. The zero-order chi connectivity index (χ0) is 14.3. The van der Waals surface area contributed by atoms with E-state index in [1.54, 1.807) is 0 Å². The van der Waals surface area contributed by atoms with Crippen molar-refractivity contribution in [3.63, 3.8) is 0 Å². The fourth-order valence-corrected chi connectivity index (χ4v) is 3.05. The standard InChI is InChI=1S/C15H31N3O/c1-4-17(5-2)14-8-11-18(12-9-14)15(19)13(3)7-6-10-16/h13-14H,4-12,16H2,1-3H3. The number of hydrogen-bond acceptors (Lipinski definition) is 3. The molecule has 0 radical (unpaired) electrons. The second-order valence-corrected chi connectivity index (χ2v) is 5.61. The average molecular weight is 269 g/mol. The summed E-state index contributed by atoms with van der Waals surface area (Å²) in [6.07, 6.45) is 4.11. The van der Waals surface area contributed by atoms with Crippen molar-refractivity contribution in [1.29, 1.82) is 0 Å². The van der Waals surface area contributed by atoms with Crippen LogP contribution in [0.3, 0.4) is 0 Å². The van der Waals surface area contributed by atoms with Crippen molar-refractivity contribution in [2.75, 3.05) is 32.7 Å². The molecule has 0 aromatic carbocycles. The molecule has 1 aliphatic heterocycles. The van der Waals surface area contributed by atoms with Crippen molar-refractivity contribution < 1.29 is 4.79 Å². The van der Waals surface area contributed by atoms with Gasteiger partial charge in [0.25, 0.3) is 0 Å². The molecule has 1 fully saturated rings. The monoisotopic (exact) mass is 269 g/mol. The van der Waals surface area contributed by atoms with E-state index in [2.05, 4.69) is 23.6 Å². The van der Waals surface area contributed by atoms with E-state index in [4.69, 9.17) is 5.73 Å². The molecular formula is C15H31N3O. The molecule has 0 aliphatic carbocycles. The smallest absolute Gasteiger partial charge is 0.225 e. The number of rotatable bonds is 7. The van der Waals surface area contributed by atoms with Crippen LogP contribution in [-0.2, 0) is 4.79 Å². The molecule has 0 saturated carbocycles. The molecule has 112 valence electrons. The van der Waals surface area contributed by atoms with Crippen molar-refractivity contribution in [2.24, 2.45) is 11.7 Å². The van der Waals surface area contributed by atoms with Crippen molar-refractivity contribution in [3.8, 4) is 0 Å². The fourth-order valence-electron chi connectivity index (χ4n) is 3.05. The van der Waals surface area contributed by atoms with Gasteiger partial charge in [-0.15, -0.1) is 0 Å². The molecular weight excluding hydrogens is 238 g/mol. The Morgan fingerprint density at radius 3 is 2.37 bits per heavy atom. The van der Waals surface area contributed by atoms with Crippen LogP contribution in [0, 0.1) is 5.92 Å². The molecule has 4 nitrogen and oxygen atoms in total. The summed E-state index contributed by atoms with van der Waals surface area (Å²) in [4.78, 5) is 16.9. The summed E-state index contributed by atoms with van der Waals surface area (Å²) in [6, 6.07) is 0.665. The summed E-state index contributed by atoms with van der Waals surface area (Å²) >= 11 is 0. The largest absolute Gasteiger partial charge is 0.342 e. The Kier molecular flexibility index (Phi) is 7.39. The van der Waals surface area contributed by atoms with Gasteiger partial charge in [-0.1, -0.05) is 20.8 Å². The molecule has 1 saturated heterocycles. The quantitative estimate of drug-likeness (QED) is 0.765. The second-order valence-electron chi connectivity index (χ2n) is 5.61. The number of nitrogens with zero attached hydrogens (tertiary/aromatic N) is 2. The molecule has 1 amide bonds. The summed E-state index contributed by atoms with van der Waals surface area (Å²) in [5, 5.41) is 0. The Balaban J connectivity index is 2.38. The highest BCUT2D eigenvalue weighted by Gasteiger charge is 2.27. The van der Waals surface area contributed by atoms with Gasteiger partial charge >= 0.3 is 0 Å². The summed E-state index contributed by atoms with van der Waals surface area (Å²) in [5.74, 6) is 0.458. The Morgan fingerprint density at radius 1 is 1.32 bits per heavy atom. The number of carbonyl (C=O) groups is 1. The molecule has 0 bridgehead atoms.